The normalized spacial score (nSPS) is 18.2. The Morgan fingerprint density at radius 3 is 2.52 bits per heavy atom. The SMILES string of the molecule is C#C[C@@H]1[C@@H](CC)C[C@@H](C(=O)Nc2nc(Br)ccc2C)N1C(=O)Cn1nc(C(C)=O)c2cc(-c3cnc(C)nc3)ccc21. The molecule has 1 saturated heterocycles. The lowest BCUT2D eigenvalue weighted by Crippen LogP contribution is -2.48. The van der Waals surface area contributed by atoms with Crippen LogP contribution in [0.3, 0.4) is 0 Å². The predicted molar refractivity (Wildman–Crippen MR) is 162 cm³/mol. The summed E-state index contributed by atoms with van der Waals surface area (Å²) >= 11 is 3.34. The summed E-state index contributed by atoms with van der Waals surface area (Å²) in [6.07, 6.45) is 10.5. The number of aryl methyl sites for hydroxylation is 2. The molecule has 2 amide bonds. The molecule has 1 aliphatic rings. The number of hydrogen-bond donors (Lipinski definition) is 1. The van der Waals surface area contributed by atoms with Gasteiger partial charge < -0.3 is 10.2 Å². The van der Waals surface area contributed by atoms with Gasteiger partial charge in [0.1, 0.15) is 34.5 Å². The third-order valence-corrected chi connectivity index (χ3v) is 8.12. The van der Waals surface area contributed by atoms with Gasteiger partial charge >= 0.3 is 0 Å². The number of anilines is 1. The molecule has 42 heavy (non-hydrogen) atoms. The highest BCUT2D eigenvalue weighted by Gasteiger charge is 2.45. The van der Waals surface area contributed by atoms with Gasteiger partial charge in [-0.25, -0.2) is 15.0 Å². The Morgan fingerprint density at radius 1 is 1.12 bits per heavy atom. The summed E-state index contributed by atoms with van der Waals surface area (Å²) in [4.78, 5) is 54.5. The summed E-state index contributed by atoms with van der Waals surface area (Å²) in [7, 11) is 0. The molecule has 3 aromatic heterocycles. The molecule has 0 spiro atoms. The largest absolute Gasteiger partial charge is 0.315 e. The Bertz CT molecular complexity index is 1740. The molecule has 1 N–H and O–H groups in total. The molecule has 4 heterocycles. The average Bonchev–Trinajstić information content (AvgIpc) is 3.53. The molecule has 10 nitrogen and oxygen atoms in total. The number of nitrogens with one attached hydrogen (secondary N) is 1. The second-order valence-corrected chi connectivity index (χ2v) is 11.2. The molecule has 3 atom stereocenters. The van der Waals surface area contributed by atoms with Crippen LogP contribution in [-0.2, 0) is 16.1 Å². The third kappa shape index (κ3) is 5.54. The zero-order valence-electron chi connectivity index (χ0n) is 23.8. The number of fused-ring (bicyclic) bond motifs is 1. The number of aromatic nitrogens is 5. The number of carbonyl (C=O) groups excluding carboxylic acids is 3. The van der Waals surface area contributed by atoms with Gasteiger partial charge in [-0.05, 0) is 71.4 Å². The first-order valence-corrected chi connectivity index (χ1v) is 14.4. The van der Waals surface area contributed by atoms with Gasteiger partial charge in [0.15, 0.2) is 5.78 Å². The number of terminal acetylenes is 1. The number of carbonyl (C=O) groups is 3. The first-order valence-electron chi connectivity index (χ1n) is 13.6. The Morgan fingerprint density at radius 2 is 1.86 bits per heavy atom. The molecule has 1 fully saturated rings. The van der Waals surface area contributed by atoms with Crippen LogP contribution >= 0.6 is 15.9 Å². The fraction of sp³-hybridized carbons (Fsp3) is 0.323. The second-order valence-electron chi connectivity index (χ2n) is 10.4. The molecule has 0 bridgehead atoms. The van der Waals surface area contributed by atoms with Gasteiger partial charge in [-0.3, -0.25) is 19.1 Å². The van der Waals surface area contributed by atoms with Crippen LogP contribution in [0.2, 0.25) is 0 Å². The van der Waals surface area contributed by atoms with E-state index in [0.29, 0.717) is 40.0 Å². The van der Waals surface area contributed by atoms with Crippen molar-refractivity contribution >= 4 is 50.2 Å². The maximum Gasteiger partial charge on any atom is 0.248 e. The maximum absolute atomic E-state index is 13.9. The molecule has 4 aromatic rings. The van der Waals surface area contributed by atoms with Crippen LogP contribution in [-0.4, -0.2) is 59.3 Å². The highest BCUT2D eigenvalue weighted by molar-refractivity contribution is 9.10. The van der Waals surface area contributed by atoms with Gasteiger partial charge in [0.2, 0.25) is 11.8 Å². The second kappa shape index (κ2) is 11.8. The number of Topliss-reactive ketones (excluding diaryl/α,β-unsaturated/α-hetero) is 1. The molecule has 1 aromatic carbocycles. The molecule has 0 aliphatic carbocycles. The van der Waals surface area contributed by atoms with Crippen LogP contribution in [0, 0.1) is 32.1 Å². The van der Waals surface area contributed by atoms with Crippen molar-refractivity contribution in [2.45, 2.75) is 59.2 Å². The van der Waals surface area contributed by atoms with Crippen LogP contribution in [0.4, 0.5) is 5.82 Å². The van der Waals surface area contributed by atoms with Gasteiger partial charge in [-0.2, -0.15) is 5.10 Å². The lowest BCUT2D eigenvalue weighted by molar-refractivity contribution is -0.138. The van der Waals surface area contributed by atoms with Gasteiger partial charge in [-0.1, -0.05) is 31.4 Å². The fourth-order valence-electron chi connectivity index (χ4n) is 5.44. The zero-order chi connectivity index (χ0) is 30.1. The molecule has 5 rings (SSSR count). The van der Waals surface area contributed by atoms with Crippen LogP contribution in [0.5, 0.6) is 0 Å². The molecule has 11 heteroatoms. The minimum atomic E-state index is -0.786. The highest BCUT2D eigenvalue weighted by atomic mass is 79.9. The van der Waals surface area contributed by atoms with Crippen molar-refractivity contribution < 1.29 is 14.4 Å². The van der Waals surface area contributed by atoms with Gasteiger partial charge in [0.25, 0.3) is 0 Å². The van der Waals surface area contributed by atoms with Crippen molar-refractivity contribution in [3.8, 4) is 23.5 Å². The summed E-state index contributed by atoms with van der Waals surface area (Å²) in [6, 6.07) is 7.84. The molecule has 214 valence electrons. The molecular formula is C31H30BrN7O3. The molecular weight excluding hydrogens is 598 g/mol. The van der Waals surface area contributed by atoms with E-state index in [0.717, 1.165) is 16.7 Å². The summed E-state index contributed by atoms with van der Waals surface area (Å²) in [5.41, 5.74) is 3.27. The van der Waals surface area contributed by atoms with Crippen molar-refractivity contribution in [2.24, 2.45) is 5.92 Å². The fourth-order valence-corrected chi connectivity index (χ4v) is 5.75. The number of halogens is 1. The number of hydrogen-bond acceptors (Lipinski definition) is 7. The van der Waals surface area contributed by atoms with Crippen LogP contribution in [0.25, 0.3) is 22.0 Å². The summed E-state index contributed by atoms with van der Waals surface area (Å²) < 4.78 is 2.09. The summed E-state index contributed by atoms with van der Waals surface area (Å²) in [5.74, 6) is 2.83. The van der Waals surface area contributed by atoms with E-state index >= 15 is 0 Å². The smallest absolute Gasteiger partial charge is 0.248 e. The van der Waals surface area contributed by atoms with E-state index in [1.54, 1.807) is 18.5 Å². The van der Waals surface area contributed by atoms with Gasteiger partial charge in [0, 0.05) is 30.3 Å². The minimum Gasteiger partial charge on any atom is -0.315 e. The van der Waals surface area contributed by atoms with Gasteiger partial charge in [-0.15, -0.1) is 6.42 Å². The predicted octanol–water partition coefficient (Wildman–Crippen LogP) is 4.74. The van der Waals surface area contributed by atoms with E-state index in [1.165, 1.54) is 16.5 Å². The molecule has 0 radical (unpaired) electrons. The van der Waals surface area contributed by atoms with E-state index in [9.17, 15) is 14.4 Å². The number of ketones is 1. The minimum absolute atomic E-state index is 0.0484. The number of nitrogens with zero attached hydrogens (tertiary/aromatic N) is 6. The number of likely N-dealkylation sites (tertiary alicyclic amines) is 1. The molecule has 1 aliphatic heterocycles. The van der Waals surface area contributed by atoms with E-state index in [2.05, 4.69) is 47.2 Å². The van der Waals surface area contributed by atoms with Crippen molar-refractivity contribution in [3.63, 3.8) is 0 Å². The summed E-state index contributed by atoms with van der Waals surface area (Å²) in [5, 5.41) is 8.02. The monoisotopic (exact) mass is 627 g/mol. The Labute approximate surface area is 252 Å². The van der Waals surface area contributed by atoms with E-state index in [1.807, 2.05) is 45.0 Å². The number of amides is 2. The zero-order valence-corrected chi connectivity index (χ0v) is 25.3. The van der Waals surface area contributed by atoms with Gasteiger partial charge in [0.05, 0.1) is 11.6 Å². The lowest BCUT2D eigenvalue weighted by Gasteiger charge is -2.28. The van der Waals surface area contributed by atoms with E-state index < -0.39 is 12.1 Å². The number of rotatable bonds is 7. The van der Waals surface area contributed by atoms with Crippen molar-refractivity contribution in [3.05, 3.63) is 64.4 Å². The Kier molecular flexibility index (Phi) is 8.18. The van der Waals surface area contributed by atoms with Crippen LogP contribution < -0.4 is 5.32 Å². The third-order valence-electron chi connectivity index (χ3n) is 7.68. The first kappa shape index (κ1) is 29.1. The van der Waals surface area contributed by atoms with Crippen LogP contribution in [0.1, 0.15) is 48.6 Å². The van der Waals surface area contributed by atoms with Crippen molar-refractivity contribution in [1.82, 2.24) is 29.6 Å². The Hall–Kier alpha value is -4.43. The van der Waals surface area contributed by atoms with E-state index in [4.69, 9.17) is 6.42 Å². The van der Waals surface area contributed by atoms with Crippen molar-refractivity contribution in [1.29, 1.82) is 0 Å². The van der Waals surface area contributed by atoms with Crippen molar-refractivity contribution in [2.75, 3.05) is 5.32 Å². The highest BCUT2D eigenvalue weighted by Crippen LogP contribution is 2.34. The topological polar surface area (TPSA) is 123 Å². The maximum atomic E-state index is 13.9. The number of pyridine rings is 1. The van der Waals surface area contributed by atoms with E-state index in [-0.39, 0.29) is 35.8 Å². The standard InChI is InChI=1S/C31H30BrN7O3/c1-6-20-13-26(31(42)36-30-17(3)8-11-27(32)35-30)39(24(20)7-2)28(41)16-38-25-10-9-21(22-14-33-19(5)34-15-22)12-23(25)29(37-38)18(4)40/h2,8-12,14-15,20,24,26H,6,13,16H2,1,3-5H3,(H,35,36,42)/t20-,24+,26-/m0/s1. The average molecular weight is 629 g/mol. The lowest BCUT2D eigenvalue weighted by atomic mass is 9.96. The molecule has 0 saturated carbocycles. The first-order chi connectivity index (χ1) is 20.1. The van der Waals surface area contributed by atoms with Crippen LogP contribution in [0.15, 0.2) is 47.3 Å². The summed E-state index contributed by atoms with van der Waals surface area (Å²) in [6.45, 7) is 6.90. The number of benzene rings is 1. The Balaban J connectivity index is 1.48. The quantitative estimate of drug-likeness (QED) is 0.178. The molecule has 0 unspecified atom stereocenters.